The fourth-order valence-corrected chi connectivity index (χ4v) is 0.721. The first-order valence-corrected chi connectivity index (χ1v) is 2.87. The quantitative estimate of drug-likeness (QED) is 0.496. The van der Waals surface area contributed by atoms with E-state index < -0.39 is 12.9 Å². The van der Waals surface area contributed by atoms with Crippen LogP contribution >= 0.6 is 0 Å². The van der Waals surface area contributed by atoms with Gasteiger partial charge in [-0.15, -0.1) is 0 Å². The standard InChI is InChI=1S/C6H13NO/c1-5-6(2)8-4-3-7-5/h5-7H,3-4H2,1-2H3/i1D3. The van der Waals surface area contributed by atoms with Gasteiger partial charge in [-0.2, -0.15) is 0 Å². The summed E-state index contributed by atoms with van der Waals surface area (Å²) in [6.07, 6.45) is -0.212. The number of nitrogens with one attached hydrogen (secondary N) is 1. The van der Waals surface area contributed by atoms with Gasteiger partial charge < -0.3 is 10.1 Å². The Bertz CT molecular complexity index is 136. The molecule has 1 aliphatic rings. The second-order valence-electron chi connectivity index (χ2n) is 2.01. The van der Waals surface area contributed by atoms with E-state index in [9.17, 15) is 0 Å². The van der Waals surface area contributed by atoms with E-state index in [1.54, 1.807) is 6.92 Å². The number of ether oxygens (including phenoxy) is 1. The van der Waals surface area contributed by atoms with Crippen LogP contribution in [0.2, 0.25) is 0 Å². The van der Waals surface area contributed by atoms with E-state index in [1.807, 2.05) is 0 Å². The molecule has 8 heavy (non-hydrogen) atoms. The van der Waals surface area contributed by atoms with Gasteiger partial charge in [0.1, 0.15) is 0 Å². The van der Waals surface area contributed by atoms with Crippen LogP contribution in [-0.4, -0.2) is 25.3 Å². The molecular formula is C6H13NO. The van der Waals surface area contributed by atoms with E-state index in [0.29, 0.717) is 13.2 Å². The largest absolute Gasteiger partial charge is 0.376 e. The van der Waals surface area contributed by atoms with Crippen molar-refractivity contribution in [2.75, 3.05) is 13.2 Å². The molecule has 2 unspecified atom stereocenters. The van der Waals surface area contributed by atoms with Gasteiger partial charge in [0.2, 0.25) is 0 Å². The van der Waals surface area contributed by atoms with Gasteiger partial charge in [-0.05, 0) is 13.8 Å². The summed E-state index contributed by atoms with van der Waals surface area (Å²) < 4.78 is 26.6. The second-order valence-corrected chi connectivity index (χ2v) is 2.01. The minimum absolute atomic E-state index is 0.212. The van der Waals surface area contributed by atoms with Gasteiger partial charge in [0, 0.05) is 16.7 Å². The first-order chi connectivity index (χ1) is 5.02. The fraction of sp³-hybridized carbons (Fsp3) is 1.00. The zero-order chi connectivity index (χ0) is 8.48. The Balaban J connectivity index is 2.55. The molecule has 0 saturated carbocycles. The molecule has 0 amide bonds. The van der Waals surface area contributed by atoms with Crippen LogP contribution in [0.15, 0.2) is 0 Å². The first-order valence-electron chi connectivity index (χ1n) is 4.37. The SMILES string of the molecule is [2H]C([2H])([2H])C1NCCOC1C. The molecule has 0 aromatic heterocycles. The maximum atomic E-state index is 7.15. The predicted octanol–water partition coefficient (Wildman–Crippen LogP) is 0.383. The molecule has 2 nitrogen and oxygen atoms in total. The monoisotopic (exact) mass is 118 g/mol. The van der Waals surface area contributed by atoms with E-state index in [-0.39, 0.29) is 6.10 Å². The van der Waals surface area contributed by atoms with Crippen molar-refractivity contribution in [3.8, 4) is 0 Å². The smallest absolute Gasteiger partial charge is 0.0697 e. The van der Waals surface area contributed by atoms with E-state index in [1.165, 1.54) is 0 Å². The summed E-state index contributed by atoms with van der Waals surface area (Å²) in [6.45, 7) is 1.07. The summed E-state index contributed by atoms with van der Waals surface area (Å²) in [4.78, 5) is 0. The van der Waals surface area contributed by atoms with Crippen LogP contribution in [0.1, 0.15) is 17.9 Å². The Kier molecular flexibility index (Phi) is 0.980. The molecular weight excluding hydrogens is 102 g/mol. The number of rotatable bonds is 0. The Morgan fingerprint density at radius 3 is 3.25 bits per heavy atom. The van der Waals surface area contributed by atoms with Gasteiger partial charge in [0.05, 0.1) is 12.7 Å². The van der Waals surface area contributed by atoms with Gasteiger partial charge in [0.15, 0.2) is 0 Å². The Morgan fingerprint density at radius 2 is 2.75 bits per heavy atom. The van der Waals surface area contributed by atoms with Crippen LogP contribution in [0, 0.1) is 0 Å². The van der Waals surface area contributed by atoms with Crippen molar-refractivity contribution in [3.05, 3.63) is 0 Å². The van der Waals surface area contributed by atoms with Gasteiger partial charge in [-0.3, -0.25) is 0 Å². The molecule has 0 spiro atoms. The third-order valence-corrected chi connectivity index (χ3v) is 1.32. The first kappa shape index (κ1) is 3.18. The molecule has 1 rings (SSSR count). The van der Waals surface area contributed by atoms with Crippen LogP contribution < -0.4 is 5.32 Å². The van der Waals surface area contributed by atoms with E-state index in [2.05, 4.69) is 5.32 Å². The molecule has 1 aliphatic heterocycles. The van der Waals surface area contributed by atoms with E-state index in [0.717, 1.165) is 0 Å². The summed E-state index contributed by atoms with van der Waals surface area (Å²) in [6, 6.07) is -0.503. The van der Waals surface area contributed by atoms with Crippen molar-refractivity contribution in [1.82, 2.24) is 5.32 Å². The molecule has 2 atom stereocenters. The lowest BCUT2D eigenvalue weighted by Gasteiger charge is -2.26. The average Bonchev–Trinajstić information content (AvgIpc) is 1.86. The van der Waals surface area contributed by atoms with Crippen molar-refractivity contribution in [2.45, 2.75) is 25.9 Å². The lowest BCUT2D eigenvalue weighted by atomic mass is 10.2. The van der Waals surface area contributed by atoms with E-state index in [4.69, 9.17) is 8.85 Å². The highest BCUT2D eigenvalue weighted by atomic mass is 16.5. The molecule has 1 N–H and O–H groups in total. The van der Waals surface area contributed by atoms with Crippen LogP contribution in [0.3, 0.4) is 0 Å². The average molecular weight is 118 g/mol. The van der Waals surface area contributed by atoms with Crippen LogP contribution in [0.4, 0.5) is 0 Å². The predicted molar refractivity (Wildman–Crippen MR) is 32.9 cm³/mol. The maximum absolute atomic E-state index is 7.15. The normalized spacial score (nSPS) is 46.9. The van der Waals surface area contributed by atoms with Crippen LogP contribution in [0.25, 0.3) is 0 Å². The molecule has 1 fully saturated rings. The minimum atomic E-state index is -1.94. The van der Waals surface area contributed by atoms with Crippen molar-refractivity contribution in [3.63, 3.8) is 0 Å². The molecule has 1 saturated heterocycles. The number of morpholine rings is 1. The minimum Gasteiger partial charge on any atom is -0.376 e. The highest BCUT2D eigenvalue weighted by molar-refractivity contribution is 4.71. The Labute approximate surface area is 54.4 Å². The summed E-state index contributed by atoms with van der Waals surface area (Å²) in [5.41, 5.74) is 0. The van der Waals surface area contributed by atoms with Crippen molar-refractivity contribution < 1.29 is 8.85 Å². The molecule has 0 radical (unpaired) electrons. The highest BCUT2D eigenvalue weighted by Gasteiger charge is 2.15. The zero-order valence-electron chi connectivity index (χ0n) is 7.98. The summed E-state index contributed by atoms with van der Waals surface area (Å²) in [5.74, 6) is 0. The summed E-state index contributed by atoms with van der Waals surface area (Å²) in [5, 5.41) is 2.92. The number of hydrogen-bond acceptors (Lipinski definition) is 2. The third-order valence-electron chi connectivity index (χ3n) is 1.32. The topological polar surface area (TPSA) is 21.3 Å². The second kappa shape index (κ2) is 2.46. The zero-order valence-corrected chi connectivity index (χ0v) is 4.98. The van der Waals surface area contributed by atoms with Crippen molar-refractivity contribution in [2.24, 2.45) is 0 Å². The molecule has 48 valence electrons. The molecule has 0 aromatic rings. The molecule has 2 heteroatoms. The van der Waals surface area contributed by atoms with Gasteiger partial charge in [-0.1, -0.05) is 0 Å². The maximum Gasteiger partial charge on any atom is 0.0697 e. The fourth-order valence-electron chi connectivity index (χ4n) is 0.721. The van der Waals surface area contributed by atoms with Gasteiger partial charge >= 0.3 is 0 Å². The van der Waals surface area contributed by atoms with E-state index >= 15 is 0 Å². The van der Waals surface area contributed by atoms with Crippen molar-refractivity contribution >= 4 is 0 Å². The molecule has 0 aliphatic carbocycles. The van der Waals surface area contributed by atoms with Crippen LogP contribution in [-0.2, 0) is 4.74 Å². The Hall–Kier alpha value is -0.0800. The molecule has 0 aromatic carbocycles. The van der Waals surface area contributed by atoms with Crippen LogP contribution in [0.5, 0.6) is 0 Å². The third kappa shape index (κ3) is 1.20. The van der Waals surface area contributed by atoms with Gasteiger partial charge in [0.25, 0.3) is 0 Å². The summed E-state index contributed by atoms with van der Waals surface area (Å²) in [7, 11) is 0. The summed E-state index contributed by atoms with van der Waals surface area (Å²) >= 11 is 0. The number of hydrogen-bond donors (Lipinski definition) is 1. The molecule has 1 heterocycles. The Morgan fingerprint density at radius 1 is 1.88 bits per heavy atom. The lowest BCUT2D eigenvalue weighted by Crippen LogP contribution is -2.44. The highest BCUT2D eigenvalue weighted by Crippen LogP contribution is 2.00. The molecule has 0 bridgehead atoms. The van der Waals surface area contributed by atoms with Crippen molar-refractivity contribution in [1.29, 1.82) is 0 Å². The van der Waals surface area contributed by atoms with Gasteiger partial charge in [-0.25, -0.2) is 0 Å². The lowest BCUT2D eigenvalue weighted by molar-refractivity contribution is 0.0135.